The summed E-state index contributed by atoms with van der Waals surface area (Å²) < 4.78 is 3.78. The number of fused-ring (bicyclic) bond motifs is 2. The summed E-state index contributed by atoms with van der Waals surface area (Å²) in [6.45, 7) is 4.09. The molecule has 8 heteroatoms. The van der Waals surface area contributed by atoms with E-state index in [1.165, 1.54) is 11.1 Å². The Morgan fingerprint density at radius 1 is 1.15 bits per heavy atom. The van der Waals surface area contributed by atoms with E-state index in [0.29, 0.717) is 29.2 Å². The van der Waals surface area contributed by atoms with E-state index in [2.05, 4.69) is 56.7 Å². The number of aryl methyl sites for hydroxylation is 1. The van der Waals surface area contributed by atoms with Gasteiger partial charge >= 0.3 is 0 Å². The topological polar surface area (TPSA) is 80.9 Å². The van der Waals surface area contributed by atoms with Gasteiger partial charge in [0.15, 0.2) is 5.43 Å². The molecular weight excluding hydrogens is 426 g/mol. The van der Waals surface area contributed by atoms with Crippen molar-refractivity contribution in [1.29, 1.82) is 0 Å². The van der Waals surface area contributed by atoms with Crippen molar-refractivity contribution in [3.8, 4) is 0 Å². The van der Waals surface area contributed by atoms with Gasteiger partial charge in [-0.15, -0.1) is 5.10 Å². The Kier molecular flexibility index (Phi) is 6.15. The maximum Gasteiger partial charge on any atom is 0.196 e. The molecule has 0 saturated heterocycles. The predicted molar refractivity (Wildman–Crippen MR) is 134 cm³/mol. The van der Waals surface area contributed by atoms with Crippen LogP contribution in [0.1, 0.15) is 29.3 Å². The van der Waals surface area contributed by atoms with Crippen LogP contribution < -0.4 is 10.7 Å². The highest BCUT2D eigenvalue weighted by Gasteiger charge is 2.21. The van der Waals surface area contributed by atoms with Crippen molar-refractivity contribution in [1.82, 2.24) is 29.4 Å². The first-order valence-electron chi connectivity index (χ1n) is 11.9. The lowest BCUT2D eigenvalue weighted by atomic mass is 10.1. The quantitative estimate of drug-likeness (QED) is 0.438. The van der Waals surface area contributed by atoms with Gasteiger partial charge in [0.2, 0.25) is 0 Å². The lowest BCUT2D eigenvalue weighted by Crippen LogP contribution is -2.21. The normalized spacial score (nSPS) is 13.6. The van der Waals surface area contributed by atoms with E-state index in [9.17, 15) is 4.79 Å². The first kappa shape index (κ1) is 22.3. The number of rotatable bonds is 8. The average Bonchev–Trinajstić information content (AvgIpc) is 3.45. The molecule has 4 aromatic rings. The van der Waals surface area contributed by atoms with Crippen molar-refractivity contribution in [2.24, 2.45) is 0 Å². The number of nitrogens with one attached hydrogen (secondary N) is 1. The van der Waals surface area contributed by atoms with Gasteiger partial charge < -0.3 is 14.8 Å². The highest BCUT2D eigenvalue weighted by atomic mass is 16.1. The van der Waals surface area contributed by atoms with Crippen LogP contribution in [0.5, 0.6) is 0 Å². The Morgan fingerprint density at radius 3 is 2.62 bits per heavy atom. The maximum atomic E-state index is 13.4. The Morgan fingerprint density at radius 2 is 1.91 bits per heavy atom. The summed E-state index contributed by atoms with van der Waals surface area (Å²) in [5, 5.41) is 12.7. The van der Waals surface area contributed by atoms with E-state index in [1.807, 2.05) is 43.3 Å². The zero-order chi connectivity index (χ0) is 23.7. The number of anilines is 1. The maximum absolute atomic E-state index is 13.4. The number of benzene rings is 1. The van der Waals surface area contributed by atoms with Gasteiger partial charge in [0.05, 0.1) is 29.5 Å². The fourth-order valence-electron chi connectivity index (χ4n) is 4.71. The first-order valence-corrected chi connectivity index (χ1v) is 11.9. The molecule has 0 saturated carbocycles. The molecule has 34 heavy (non-hydrogen) atoms. The van der Waals surface area contributed by atoms with Gasteiger partial charge in [-0.25, -0.2) is 9.67 Å². The minimum atomic E-state index is -0.00380. The second kappa shape index (κ2) is 9.38. The van der Waals surface area contributed by atoms with Crippen molar-refractivity contribution in [3.05, 3.63) is 81.5 Å². The zero-order valence-corrected chi connectivity index (χ0v) is 20.0. The van der Waals surface area contributed by atoms with E-state index in [1.54, 1.807) is 4.68 Å². The average molecular weight is 458 g/mol. The van der Waals surface area contributed by atoms with Crippen LogP contribution in [0.25, 0.3) is 11.0 Å². The molecule has 0 radical (unpaired) electrons. The molecule has 0 fully saturated rings. The molecular formula is C26H31N7O. The molecule has 1 N–H and O–H groups in total. The molecule has 3 aromatic heterocycles. The lowest BCUT2D eigenvalue weighted by Gasteiger charge is -2.15. The van der Waals surface area contributed by atoms with Crippen molar-refractivity contribution < 1.29 is 0 Å². The third-order valence-corrected chi connectivity index (χ3v) is 6.48. The molecule has 0 atom stereocenters. The highest BCUT2D eigenvalue weighted by molar-refractivity contribution is 5.79. The van der Waals surface area contributed by atoms with Crippen molar-refractivity contribution in [2.45, 2.75) is 45.3 Å². The van der Waals surface area contributed by atoms with Crippen molar-refractivity contribution in [3.63, 3.8) is 0 Å². The fraction of sp³-hybridized carbons (Fsp3) is 0.385. The fourth-order valence-corrected chi connectivity index (χ4v) is 4.71. The molecule has 1 aromatic carbocycles. The van der Waals surface area contributed by atoms with Crippen LogP contribution in [-0.4, -0.2) is 56.1 Å². The summed E-state index contributed by atoms with van der Waals surface area (Å²) in [6, 6.07) is 10.8. The molecule has 176 valence electrons. The number of likely N-dealkylation sites (N-methyl/N-ethyl adjacent to an activating group) is 1. The number of pyridine rings is 2. The Labute approximate surface area is 199 Å². The summed E-state index contributed by atoms with van der Waals surface area (Å²) >= 11 is 0. The van der Waals surface area contributed by atoms with Gasteiger partial charge in [0, 0.05) is 43.5 Å². The van der Waals surface area contributed by atoms with E-state index in [4.69, 9.17) is 0 Å². The Hall–Kier alpha value is -3.52. The minimum Gasteiger partial charge on any atom is -0.380 e. The van der Waals surface area contributed by atoms with Gasteiger partial charge in [0.1, 0.15) is 5.65 Å². The molecule has 0 bridgehead atoms. The second-order valence-corrected chi connectivity index (χ2v) is 9.34. The number of nitrogens with zero attached hydrogens (tertiary/aromatic N) is 6. The van der Waals surface area contributed by atoms with Crippen LogP contribution in [0, 0.1) is 0 Å². The molecule has 1 aliphatic carbocycles. The molecule has 5 rings (SSSR count). The summed E-state index contributed by atoms with van der Waals surface area (Å²) in [7, 11) is 4.07. The molecule has 1 aliphatic rings. The van der Waals surface area contributed by atoms with E-state index >= 15 is 0 Å². The highest BCUT2D eigenvalue weighted by Crippen LogP contribution is 2.25. The molecule has 0 amide bonds. The van der Waals surface area contributed by atoms with Gasteiger partial charge in [-0.05, 0) is 51.1 Å². The Balaban J connectivity index is 1.40. The van der Waals surface area contributed by atoms with Gasteiger partial charge in [-0.1, -0.05) is 29.5 Å². The van der Waals surface area contributed by atoms with E-state index in [-0.39, 0.29) is 5.43 Å². The van der Waals surface area contributed by atoms with Gasteiger partial charge in [-0.2, -0.15) is 0 Å². The van der Waals surface area contributed by atoms with Crippen LogP contribution in [0.2, 0.25) is 0 Å². The third kappa shape index (κ3) is 4.59. The zero-order valence-electron chi connectivity index (χ0n) is 20.0. The van der Waals surface area contributed by atoms with Crippen LogP contribution in [0.15, 0.2) is 53.7 Å². The second-order valence-electron chi connectivity index (χ2n) is 9.34. The van der Waals surface area contributed by atoms with Crippen LogP contribution in [0.3, 0.4) is 0 Å². The summed E-state index contributed by atoms with van der Waals surface area (Å²) in [6.07, 6.45) is 8.46. The van der Waals surface area contributed by atoms with E-state index < -0.39 is 0 Å². The number of hydrogen-bond donors (Lipinski definition) is 1. The van der Waals surface area contributed by atoms with Crippen LogP contribution in [-0.2, 0) is 32.4 Å². The molecule has 0 aliphatic heterocycles. The lowest BCUT2D eigenvalue weighted by molar-refractivity contribution is 0.411. The predicted octanol–water partition coefficient (Wildman–Crippen LogP) is 2.74. The summed E-state index contributed by atoms with van der Waals surface area (Å²) in [5.74, 6) is 0. The van der Waals surface area contributed by atoms with Crippen LogP contribution in [0.4, 0.5) is 5.69 Å². The number of hydrogen-bond acceptors (Lipinski definition) is 6. The van der Waals surface area contributed by atoms with Gasteiger partial charge in [0.25, 0.3) is 0 Å². The SMILES string of the molecule is CCn1cc(Cn2cc(CCN(C)C)nn2)c(=O)c2cc(NC3Cc4ccccc4C3)cnc21. The third-order valence-electron chi connectivity index (χ3n) is 6.48. The molecule has 3 heterocycles. The molecule has 0 spiro atoms. The molecule has 8 nitrogen and oxygen atoms in total. The first-order chi connectivity index (χ1) is 16.5. The summed E-state index contributed by atoms with van der Waals surface area (Å²) in [4.78, 5) is 20.2. The summed E-state index contributed by atoms with van der Waals surface area (Å²) in [5.41, 5.74) is 5.98. The van der Waals surface area contributed by atoms with Crippen molar-refractivity contribution >= 4 is 16.7 Å². The van der Waals surface area contributed by atoms with E-state index in [0.717, 1.165) is 43.7 Å². The molecule has 0 unspecified atom stereocenters. The smallest absolute Gasteiger partial charge is 0.196 e. The monoisotopic (exact) mass is 457 g/mol. The minimum absolute atomic E-state index is 0.00380. The largest absolute Gasteiger partial charge is 0.380 e. The standard InChI is InChI=1S/C26H31N7O/c1-4-32-15-20(16-33-17-21(29-30-33)9-10-31(2)3)25(34)24-13-23(14-27-26(24)32)28-22-11-18-7-5-6-8-19(18)12-22/h5-8,13-15,17,22,28H,4,9-12,16H2,1-3H3. The number of aromatic nitrogens is 5. The van der Waals surface area contributed by atoms with Crippen molar-refractivity contribution in [2.75, 3.05) is 26.0 Å². The van der Waals surface area contributed by atoms with Gasteiger partial charge in [-0.3, -0.25) is 4.79 Å². The Bertz CT molecular complexity index is 1350. The van der Waals surface area contributed by atoms with Crippen LogP contribution >= 0.6 is 0 Å².